The Balaban J connectivity index is 2.96. The van der Waals surface area contributed by atoms with Crippen LogP contribution >= 0.6 is 0 Å². The third-order valence-corrected chi connectivity index (χ3v) is 2.32. The van der Waals surface area contributed by atoms with Gasteiger partial charge >= 0.3 is 0 Å². The number of rotatable bonds is 3. The minimum atomic E-state index is -0.539. The molecular formula is C11H17NO2. The van der Waals surface area contributed by atoms with E-state index in [4.69, 9.17) is 10.5 Å². The van der Waals surface area contributed by atoms with Crippen molar-refractivity contribution in [1.29, 1.82) is 0 Å². The van der Waals surface area contributed by atoms with E-state index in [-0.39, 0.29) is 6.04 Å². The van der Waals surface area contributed by atoms with Crippen molar-refractivity contribution in [2.75, 3.05) is 7.11 Å². The zero-order valence-corrected chi connectivity index (χ0v) is 8.82. The molecule has 0 fully saturated rings. The molecule has 0 aliphatic rings. The Labute approximate surface area is 84.5 Å². The van der Waals surface area contributed by atoms with Gasteiger partial charge in [0.25, 0.3) is 0 Å². The van der Waals surface area contributed by atoms with E-state index in [1.165, 1.54) is 0 Å². The van der Waals surface area contributed by atoms with Gasteiger partial charge in [-0.1, -0.05) is 12.1 Å². The van der Waals surface area contributed by atoms with Gasteiger partial charge < -0.3 is 15.6 Å². The van der Waals surface area contributed by atoms with Crippen LogP contribution in [0.25, 0.3) is 0 Å². The lowest BCUT2D eigenvalue weighted by Crippen LogP contribution is -2.23. The first-order valence-corrected chi connectivity index (χ1v) is 4.64. The molecule has 3 N–H and O–H groups in total. The van der Waals surface area contributed by atoms with E-state index >= 15 is 0 Å². The van der Waals surface area contributed by atoms with E-state index in [2.05, 4.69) is 0 Å². The number of methoxy groups -OCH3 is 1. The monoisotopic (exact) mass is 195 g/mol. The summed E-state index contributed by atoms with van der Waals surface area (Å²) < 4.78 is 5.14. The van der Waals surface area contributed by atoms with Crippen molar-refractivity contribution >= 4 is 0 Å². The number of hydrogen-bond donors (Lipinski definition) is 2. The lowest BCUT2D eigenvalue weighted by molar-refractivity contribution is 0.164. The van der Waals surface area contributed by atoms with E-state index < -0.39 is 6.10 Å². The standard InChI is InChI=1S/C11H17NO2/c1-7-6-9(11(12)8(2)13)4-5-10(7)14-3/h4-6,8,11,13H,12H2,1-3H3. The Kier molecular flexibility index (Phi) is 3.49. The lowest BCUT2D eigenvalue weighted by atomic mass is 10.0. The highest BCUT2D eigenvalue weighted by molar-refractivity contribution is 5.37. The summed E-state index contributed by atoms with van der Waals surface area (Å²) in [5.41, 5.74) is 7.77. The summed E-state index contributed by atoms with van der Waals surface area (Å²) in [5, 5.41) is 9.34. The Bertz CT molecular complexity index is 310. The van der Waals surface area contributed by atoms with Crippen molar-refractivity contribution in [3.8, 4) is 5.75 Å². The molecule has 0 aliphatic heterocycles. The molecule has 0 aromatic heterocycles. The molecule has 78 valence electrons. The summed E-state index contributed by atoms with van der Waals surface area (Å²) in [6.45, 7) is 3.64. The van der Waals surface area contributed by atoms with Gasteiger partial charge in [-0.3, -0.25) is 0 Å². The van der Waals surface area contributed by atoms with Crippen LogP contribution < -0.4 is 10.5 Å². The van der Waals surface area contributed by atoms with E-state index in [0.29, 0.717) is 0 Å². The summed E-state index contributed by atoms with van der Waals surface area (Å²) in [6.07, 6.45) is -0.539. The molecule has 0 radical (unpaired) electrons. The second kappa shape index (κ2) is 4.44. The first-order valence-electron chi connectivity index (χ1n) is 4.64. The highest BCUT2D eigenvalue weighted by Crippen LogP contribution is 2.22. The molecule has 3 nitrogen and oxygen atoms in total. The van der Waals surface area contributed by atoms with Crippen LogP contribution in [0.4, 0.5) is 0 Å². The molecule has 14 heavy (non-hydrogen) atoms. The minimum absolute atomic E-state index is 0.334. The van der Waals surface area contributed by atoms with Gasteiger partial charge in [0, 0.05) is 0 Å². The maximum Gasteiger partial charge on any atom is 0.121 e. The number of aryl methyl sites for hydroxylation is 1. The molecule has 0 saturated carbocycles. The van der Waals surface area contributed by atoms with Crippen LogP contribution in [0.2, 0.25) is 0 Å². The highest BCUT2D eigenvalue weighted by atomic mass is 16.5. The summed E-state index contributed by atoms with van der Waals surface area (Å²) in [6, 6.07) is 5.35. The largest absolute Gasteiger partial charge is 0.496 e. The fraction of sp³-hybridized carbons (Fsp3) is 0.455. The predicted molar refractivity (Wildman–Crippen MR) is 56.3 cm³/mol. The Morgan fingerprint density at radius 2 is 2.07 bits per heavy atom. The quantitative estimate of drug-likeness (QED) is 0.766. The molecule has 0 heterocycles. The summed E-state index contributed by atoms with van der Waals surface area (Å²) in [4.78, 5) is 0. The van der Waals surface area contributed by atoms with Crippen LogP contribution in [-0.4, -0.2) is 18.3 Å². The maximum atomic E-state index is 9.34. The number of hydrogen-bond acceptors (Lipinski definition) is 3. The SMILES string of the molecule is COc1ccc(C(N)C(C)O)cc1C. The van der Waals surface area contributed by atoms with Crippen molar-refractivity contribution in [3.63, 3.8) is 0 Å². The van der Waals surface area contributed by atoms with Crippen LogP contribution in [0.5, 0.6) is 5.75 Å². The zero-order chi connectivity index (χ0) is 10.7. The van der Waals surface area contributed by atoms with Gasteiger partial charge in [0.15, 0.2) is 0 Å². The van der Waals surface area contributed by atoms with E-state index in [0.717, 1.165) is 16.9 Å². The van der Waals surface area contributed by atoms with E-state index in [9.17, 15) is 5.11 Å². The van der Waals surface area contributed by atoms with Crippen molar-refractivity contribution < 1.29 is 9.84 Å². The average molecular weight is 195 g/mol. The minimum Gasteiger partial charge on any atom is -0.496 e. The first kappa shape index (κ1) is 11.0. The van der Waals surface area contributed by atoms with Crippen molar-refractivity contribution in [1.82, 2.24) is 0 Å². The van der Waals surface area contributed by atoms with Crippen molar-refractivity contribution in [2.45, 2.75) is 26.0 Å². The zero-order valence-electron chi connectivity index (χ0n) is 8.82. The molecule has 0 spiro atoms. The van der Waals surface area contributed by atoms with Gasteiger partial charge in [-0.05, 0) is 31.0 Å². The van der Waals surface area contributed by atoms with Crippen LogP contribution in [-0.2, 0) is 0 Å². The van der Waals surface area contributed by atoms with Gasteiger partial charge in [-0.25, -0.2) is 0 Å². The molecule has 0 amide bonds. The summed E-state index contributed by atoms with van der Waals surface area (Å²) in [5.74, 6) is 0.839. The molecule has 0 bridgehead atoms. The molecule has 2 atom stereocenters. The molecule has 1 aromatic carbocycles. The number of ether oxygens (including phenoxy) is 1. The topological polar surface area (TPSA) is 55.5 Å². The predicted octanol–water partition coefficient (Wildman–Crippen LogP) is 1.38. The van der Waals surface area contributed by atoms with Gasteiger partial charge in [-0.15, -0.1) is 0 Å². The molecule has 1 rings (SSSR count). The third-order valence-electron chi connectivity index (χ3n) is 2.32. The number of benzene rings is 1. The average Bonchev–Trinajstić information content (AvgIpc) is 2.16. The van der Waals surface area contributed by atoms with E-state index in [1.807, 2.05) is 25.1 Å². The number of aliphatic hydroxyl groups excluding tert-OH is 1. The third kappa shape index (κ3) is 2.25. The second-order valence-corrected chi connectivity index (χ2v) is 3.50. The number of aliphatic hydroxyl groups is 1. The Morgan fingerprint density at radius 3 is 2.50 bits per heavy atom. The fourth-order valence-electron chi connectivity index (χ4n) is 1.39. The van der Waals surface area contributed by atoms with Gasteiger partial charge in [-0.2, -0.15) is 0 Å². The van der Waals surface area contributed by atoms with Crippen LogP contribution in [0, 0.1) is 6.92 Å². The van der Waals surface area contributed by atoms with Crippen LogP contribution in [0.1, 0.15) is 24.1 Å². The van der Waals surface area contributed by atoms with Gasteiger partial charge in [0.1, 0.15) is 5.75 Å². The highest BCUT2D eigenvalue weighted by Gasteiger charge is 2.12. The van der Waals surface area contributed by atoms with Gasteiger partial charge in [0.05, 0.1) is 19.3 Å². The maximum absolute atomic E-state index is 9.34. The molecule has 2 unspecified atom stereocenters. The van der Waals surface area contributed by atoms with Crippen molar-refractivity contribution in [3.05, 3.63) is 29.3 Å². The first-order chi connectivity index (χ1) is 6.56. The summed E-state index contributed by atoms with van der Waals surface area (Å²) >= 11 is 0. The molecule has 1 aromatic rings. The molecule has 0 aliphatic carbocycles. The smallest absolute Gasteiger partial charge is 0.121 e. The van der Waals surface area contributed by atoms with Crippen LogP contribution in [0.3, 0.4) is 0 Å². The van der Waals surface area contributed by atoms with Crippen molar-refractivity contribution in [2.24, 2.45) is 5.73 Å². The molecular weight excluding hydrogens is 178 g/mol. The van der Waals surface area contributed by atoms with Crippen LogP contribution in [0.15, 0.2) is 18.2 Å². The molecule has 0 saturated heterocycles. The Morgan fingerprint density at radius 1 is 1.43 bits per heavy atom. The normalized spacial score (nSPS) is 14.9. The lowest BCUT2D eigenvalue weighted by Gasteiger charge is -2.16. The fourth-order valence-corrected chi connectivity index (χ4v) is 1.39. The number of nitrogens with two attached hydrogens (primary N) is 1. The summed E-state index contributed by atoms with van der Waals surface area (Å²) in [7, 11) is 1.64. The van der Waals surface area contributed by atoms with E-state index in [1.54, 1.807) is 14.0 Å². The molecule has 3 heteroatoms. The van der Waals surface area contributed by atoms with Gasteiger partial charge in [0.2, 0.25) is 0 Å². The second-order valence-electron chi connectivity index (χ2n) is 3.50. The Hall–Kier alpha value is -1.06.